The maximum atomic E-state index is 13.1. The number of thioether (sulfide) groups is 1. The van der Waals surface area contributed by atoms with E-state index in [1.165, 1.54) is 18.9 Å². The molecule has 194 valence electrons. The Kier molecular flexibility index (Phi) is 9.81. The maximum absolute atomic E-state index is 13.1. The molecule has 1 heterocycles. The number of esters is 1. The predicted octanol–water partition coefficient (Wildman–Crippen LogP) is 5.52. The number of allylic oxidation sites excluding steroid dienone is 2. The molecule has 37 heavy (non-hydrogen) atoms. The Hall–Kier alpha value is -3.25. The van der Waals surface area contributed by atoms with Crippen LogP contribution in [0.1, 0.15) is 35.1 Å². The number of nitrogens with zero attached hydrogens (tertiary/aromatic N) is 1. The van der Waals surface area contributed by atoms with E-state index >= 15 is 0 Å². The number of benzene rings is 2. The van der Waals surface area contributed by atoms with E-state index in [1.54, 1.807) is 31.2 Å². The van der Waals surface area contributed by atoms with Crippen molar-refractivity contribution in [2.24, 2.45) is 0 Å². The average molecular weight is 540 g/mol. The van der Waals surface area contributed by atoms with Crippen LogP contribution in [0.2, 0.25) is 5.02 Å². The third kappa shape index (κ3) is 6.95. The molecule has 1 amide bonds. The first kappa shape index (κ1) is 28.3. The van der Waals surface area contributed by atoms with Crippen LogP contribution in [0.25, 0.3) is 0 Å². The van der Waals surface area contributed by atoms with E-state index in [0.717, 1.165) is 22.4 Å². The summed E-state index contributed by atoms with van der Waals surface area (Å²) in [7, 11) is 1.52. The molecular weight excluding hydrogens is 510 g/mol. The highest BCUT2D eigenvalue weighted by molar-refractivity contribution is 8.03. The van der Waals surface area contributed by atoms with Crippen molar-refractivity contribution < 1.29 is 19.1 Å². The number of amides is 1. The van der Waals surface area contributed by atoms with Gasteiger partial charge in [0.2, 0.25) is 5.91 Å². The number of ether oxygens (including phenoxy) is 2. The van der Waals surface area contributed by atoms with Gasteiger partial charge in [-0.05, 0) is 56.5 Å². The van der Waals surface area contributed by atoms with Crippen molar-refractivity contribution in [3.8, 4) is 6.07 Å². The minimum Gasteiger partial charge on any atom is -0.460 e. The highest BCUT2D eigenvalue weighted by Gasteiger charge is 2.35. The second kappa shape index (κ2) is 12.8. The smallest absolute Gasteiger partial charge is 0.336 e. The van der Waals surface area contributed by atoms with Crippen LogP contribution in [0.5, 0.6) is 0 Å². The van der Waals surface area contributed by atoms with Crippen LogP contribution in [0.15, 0.2) is 58.3 Å². The number of carbonyl (C=O) groups excluding carboxylic acids is 2. The van der Waals surface area contributed by atoms with Crippen LogP contribution in [0, 0.1) is 32.1 Å². The zero-order valence-electron chi connectivity index (χ0n) is 21.5. The molecule has 0 unspecified atom stereocenters. The van der Waals surface area contributed by atoms with E-state index in [-0.39, 0.29) is 24.9 Å². The molecular formula is C28H30ClN3O4S. The maximum Gasteiger partial charge on any atom is 0.336 e. The predicted molar refractivity (Wildman–Crippen MR) is 147 cm³/mol. The third-order valence-corrected chi connectivity index (χ3v) is 7.15. The number of anilines is 1. The summed E-state index contributed by atoms with van der Waals surface area (Å²) in [6.45, 7) is 8.03. The molecule has 0 spiro atoms. The minimum atomic E-state index is -0.675. The number of halogens is 1. The number of rotatable bonds is 9. The lowest BCUT2D eigenvalue weighted by molar-refractivity contribution is -0.140. The van der Waals surface area contributed by atoms with Crippen molar-refractivity contribution in [1.82, 2.24) is 5.32 Å². The molecule has 1 atom stereocenters. The fourth-order valence-corrected chi connectivity index (χ4v) is 5.29. The number of hydrogen-bond donors (Lipinski definition) is 2. The van der Waals surface area contributed by atoms with Crippen LogP contribution in [0.3, 0.4) is 0 Å². The summed E-state index contributed by atoms with van der Waals surface area (Å²) in [6, 6.07) is 13.3. The van der Waals surface area contributed by atoms with Gasteiger partial charge in [-0.15, -0.1) is 0 Å². The van der Waals surface area contributed by atoms with E-state index < -0.39 is 11.9 Å². The highest BCUT2D eigenvalue weighted by Crippen LogP contribution is 2.41. The van der Waals surface area contributed by atoms with Gasteiger partial charge in [0.1, 0.15) is 6.61 Å². The standard InChI is InChI=1S/C28H30ClN3O4S/c1-16-12-17(2)26(18(3)13-16)32-23(33)15-37-27-22(14-30)25(20-6-8-21(29)9-7-20)24(19(4)31-27)28(34)36-11-10-35-5/h6-9,12-13,25,31H,10-11,15H2,1-5H3,(H,32,33)/t25-/m1/s1. The van der Waals surface area contributed by atoms with Gasteiger partial charge in [0.15, 0.2) is 0 Å². The Morgan fingerprint density at radius 2 is 1.76 bits per heavy atom. The summed E-state index contributed by atoms with van der Waals surface area (Å²) in [4.78, 5) is 25.9. The van der Waals surface area contributed by atoms with E-state index in [1.807, 2.05) is 32.9 Å². The molecule has 0 saturated carbocycles. The fourth-order valence-electron chi connectivity index (χ4n) is 4.27. The lowest BCUT2D eigenvalue weighted by Crippen LogP contribution is -2.30. The first-order chi connectivity index (χ1) is 17.7. The summed E-state index contributed by atoms with van der Waals surface area (Å²) in [5, 5.41) is 17.4. The lowest BCUT2D eigenvalue weighted by Gasteiger charge is -2.29. The van der Waals surface area contributed by atoms with Crippen LogP contribution in [-0.4, -0.2) is 38.0 Å². The number of methoxy groups -OCH3 is 1. The van der Waals surface area contributed by atoms with Gasteiger partial charge in [0.05, 0.1) is 40.5 Å². The summed E-state index contributed by atoms with van der Waals surface area (Å²) in [6.07, 6.45) is 0. The average Bonchev–Trinajstić information content (AvgIpc) is 2.85. The molecule has 0 aliphatic carbocycles. The summed E-state index contributed by atoms with van der Waals surface area (Å²) in [5.74, 6) is -1.33. The van der Waals surface area contributed by atoms with Gasteiger partial charge >= 0.3 is 5.97 Å². The van der Waals surface area contributed by atoms with Gasteiger partial charge in [-0.1, -0.05) is 53.2 Å². The van der Waals surface area contributed by atoms with Crippen molar-refractivity contribution in [2.45, 2.75) is 33.6 Å². The largest absolute Gasteiger partial charge is 0.460 e. The SMILES string of the molecule is COCCOC(=O)C1=C(C)NC(SCC(=O)Nc2c(C)cc(C)cc2C)=C(C#N)[C@H]1c1ccc(Cl)cc1. The highest BCUT2D eigenvalue weighted by atomic mass is 35.5. The molecule has 2 aromatic carbocycles. The van der Waals surface area contributed by atoms with Gasteiger partial charge in [-0.25, -0.2) is 4.79 Å². The first-order valence-corrected chi connectivity index (χ1v) is 13.1. The second-order valence-electron chi connectivity index (χ2n) is 8.74. The lowest BCUT2D eigenvalue weighted by atomic mass is 9.82. The molecule has 1 aliphatic rings. The van der Waals surface area contributed by atoms with Crippen molar-refractivity contribution in [2.75, 3.05) is 31.4 Å². The summed E-state index contributed by atoms with van der Waals surface area (Å²) >= 11 is 7.30. The molecule has 2 aromatic rings. The van der Waals surface area contributed by atoms with Crippen molar-refractivity contribution in [3.05, 3.63) is 85.5 Å². The fraction of sp³-hybridized carbons (Fsp3) is 0.321. The zero-order valence-corrected chi connectivity index (χ0v) is 23.1. The van der Waals surface area contributed by atoms with Crippen LogP contribution in [-0.2, 0) is 19.1 Å². The second-order valence-corrected chi connectivity index (χ2v) is 10.2. The third-order valence-electron chi connectivity index (χ3n) is 5.88. The first-order valence-electron chi connectivity index (χ1n) is 11.7. The molecule has 0 aromatic heterocycles. The van der Waals surface area contributed by atoms with Crippen LogP contribution >= 0.6 is 23.4 Å². The monoisotopic (exact) mass is 539 g/mol. The van der Waals surface area contributed by atoms with Gasteiger partial charge in [-0.2, -0.15) is 5.26 Å². The molecule has 0 saturated heterocycles. The van der Waals surface area contributed by atoms with E-state index in [2.05, 4.69) is 16.7 Å². The topological polar surface area (TPSA) is 100 Å². The van der Waals surface area contributed by atoms with Crippen molar-refractivity contribution in [3.63, 3.8) is 0 Å². The molecule has 0 radical (unpaired) electrons. The van der Waals surface area contributed by atoms with E-state index in [0.29, 0.717) is 32.5 Å². The molecule has 2 N–H and O–H groups in total. The quantitative estimate of drug-likeness (QED) is 0.319. The van der Waals surface area contributed by atoms with E-state index in [9.17, 15) is 14.9 Å². The normalized spacial score (nSPS) is 15.2. The summed E-state index contributed by atoms with van der Waals surface area (Å²) in [5.41, 5.74) is 5.82. The number of dihydropyridines is 1. The van der Waals surface area contributed by atoms with Crippen molar-refractivity contribution >= 4 is 40.9 Å². The summed E-state index contributed by atoms with van der Waals surface area (Å²) < 4.78 is 10.4. The number of aryl methyl sites for hydroxylation is 3. The molecule has 9 heteroatoms. The Morgan fingerprint density at radius 1 is 1.11 bits per heavy atom. The molecule has 3 rings (SSSR count). The molecule has 0 fully saturated rings. The number of nitrogens with one attached hydrogen (secondary N) is 2. The van der Waals surface area contributed by atoms with Gasteiger partial charge < -0.3 is 20.1 Å². The van der Waals surface area contributed by atoms with E-state index in [4.69, 9.17) is 21.1 Å². The van der Waals surface area contributed by atoms with Crippen molar-refractivity contribution in [1.29, 1.82) is 5.26 Å². The molecule has 0 bridgehead atoms. The molecule has 1 aliphatic heterocycles. The van der Waals surface area contributed by atoms with Crippen LogP contribution in [0.4, 0.5) is 5.69 Å². The van der Waals surface area contributed by atoms with Gasteiger partial charge in [0, 0.05) is 23.5 Å². The number of nitriles is 1. The minimum absolute atomic E-state index is 0.0779. The molecule has 7 nitrogen and oxygen atoms in total. The van der Waals surface area contributed by atoms with Gasteiger partial charge in [0.25, 0.3) is 0 Å². The number of hydrogen-bond acceptors (Lipinski definition) is 7. The zero-order chi connectivity index (χ0) is 27.1. The Bertz CT molecular complexity index is 1270. The number of carbonyl (C=O) groups is 2. The van der Waals surface area contributed by atoms with Crippen LogP contribution < -0.4 is 10.6 Å². The Balaban J connectivity index is 1.89. The Morgan fingerprint density at radius 3 is 2.35 bits per heavy atom. The Labute approximate surface area is 226 Å². The van der Waals surface area contributed by atoms with Gasteiger partial charge in [-0.3, -0.25) is 4.79 Å².